The zero-order chi connectivity index (χ0) is 25.3. The van der Waals surface area contributed by atoms with E-state index in [4.69, 9.17) is 0 Å². The summed E-state index contributed by atoms with van der Waals surface area (Å²) in [6.07, 6.45) is -6.00. The van der Waals surface area contributed by atoms with Gasteiger partial charge < -0.3 is 15.5 Å². The van der Waals surface area contributed by atoms with E-state index in [0.717, 1.165) is 5.56 Å². The second kappa shape index (κ2) is 9.67. The molecule has 0 atom stereocenters. The number of carbonyl (C=O) groups is 1. The molecule has 1 aromatic carbocycles. The molecule has 2 aromatic rings. The molecule has 0 unspecified atom stereocenters. The molecule has 0 bridgehead atoms. The molecule has 1 saturated carbocycles. The summed E-state index contributed by atoms with van der Waals surface area (Å²) in [6, 6.07) is 0.584. The Hall–Kier alpha value is -3.05. The van der Waals surface area contributed by atoms with E-state index in [1.54, 1.807) is 11.1 Å². The first-order chi connectivity index (χ1) is 15.7. The normalized spacial score (nSPS) is 19.0. The number of nitrogens with one attached hydrogen (secondary N) is 2. The number of aryl methyl sites for hydroxylation is 1. The van der Waals surface area contributed by atoms with Gasteiger partial charge in [-0.05, 0) is 50.8 Å². The van der Waals surface area contributed by atoms with Gasteiger partial charge >= 0.3 is 12.4 Å². The first kappa shape index (κ1) is 25.6. The molecule has 1 aliphatic carbocycles. The van der Waals surface area contributed by atoms with Crippen LogP contribution in [-0.2, 0) is 12.4 Å². The molecule has 1 aromatic heterocycles. The molecule has 12 heteroatoms. The summed E-state index contributed by atoms with van der Waals surface area (Å²) >= 11 is 0. The van der Waals surface area contributed by atoms with Gasteiger partial charge in [-0.2, -0.15) is 31.3 Å². The second-order valence-corrected chi connectivity index (χ2v) is 8.56. The zero-order valence-corrected chi connectivity index (χ0v) is 18.8. The third kappa shape index (κ3) is 6.29. The Kier molecular flexibility index (Phi) is 7.27. The van der Waals surface area contributed by atoms with Gasteiger partial charge in [0, 0.05) is 43.5 Å². The maximum Gasteiger partial charge on any atom is 0.416 e. The predicted molar refractivity (Wildman–Crippen MR) is 115 cm³/mol. The Labute approximate surface area is 192 Å². The van der Waals surface area contributed by atoms with Crippen LogP contribution in [0.4, 0.5) is 38.1 Å². The van der Waals surface area contributed by atoms with Crippen LogP contribution in [0.2, 0.25) is 0 Å². The standard InChI is InChI=1S/C22H25F6N5O/c1-12-11-29-20(33(2)3)32-18(12)30-16-4-6-17(7-5-16)31-19(34)13-8-14(21(23,24)25)10-15(9-13)22(26,27)28/h8-11,16-17H,4-7H2,1-3H3,(H,31,34)(H,29,30,32)/t16-,17+. The number of alkyl halides is 6. The Morgan fingerprint density at radius 3 is 1.97 bits per heavy atom. The number of carbonyl (C=O) groups excluding carboxylic acids is 1. The third-order valence-electron chi connectivity index (χ3n) is 5.61. The number of rotatable bonds is 5. The Morgan fingerprint density at radius 2 is 1.47 bits per heavy atom. The van der Waals surface area contributed by atoms with Crippen molar-refractivity contribution < 1.29 is 31.1 Å². The fourth-order valence-electron chi connectivity index (χ4n) is 3.72. The van der Waals surface area contributed by atoms with Gasteiger partial charge in [-0.1, -0.05) is 0 Å². The van der Waals surface area contributed by atoms with Crippen molar-refractivity contribution in [3.8, 4) is 0 Å². The summed E-state index contributed by atoms with van der Waals surface area (Å²) in [5.41, 5.74) is -2.84. The first-order valence-electron chi connectivity index (χ1n) is 10.6. The Balaban J connectivity index is 1.65. The molecule has 2 N–H and O–H groups in total. The summed E-state index contributed by atoms with van der Waals surface area (Å²) < 4.78 is 78.4. The largest absolute Gasteiger partial charge is 0.416 e. The number of halogens is 6. The molecular weight excluding hydrogens is 464 g/mol. The number of amides is 1. The quantitative estimate of drug-likeness (QED) is 0.576. The van der Waals surface area contributed by atoms with Crippen LogP contribution in [0, 0.1) is 6.92 Å². The highest BCUT2D eigenvalue weighted by Crippen LogP contribution is 2.36. The van der Waals surface area contributed by atoms with E-state index in [2.05, 4.69) is 20.6 Å². The van der Waals surface area contributed by atoms with Crippen LogP contribution < -0.4 is 15.5 Å². The van der Waals surface area contributed by atoms with Crippen molar-refractivity contribution in [3.63, 3.8) is 0 Å². The van der Waals surface area contributed by atoms with Gasteiger partial charge in [0.05, 0.1) is 11.1 Å². The fourth-order valence-corrected chi connectivity index (χ4v) is 3.72. The van der Waals surface area contributed by atoms with Crippen LogP contribution in [0.5, 0.6) is 0 Å². The average Bonchev–Trinajstić information content (AvgIpc) is 2.75. The molecule has 1 amide bonds. The average molecular weight is 489 g/mol. The van der Waals surface area contributed by atoms with Gasteiger partial charge in [-0.3, -0.25) is 4.79 Å². The van der Waals surface area contributed by atoms with Crippen LogP contribution >= 0.6 is 0 Å². The Morgan fingerprint density at radius 1 is 0.941 bits per heavy atom. The lowest BCUT2D eigenvalue weighted by Gasteiger charge is -2.30. The van der Waals surface area contributed by atoms with Crippen LogP contribution in [0.3, 0.4) is 0 Å². The Bertz CT molecular complexity index is 997. The number of nitrogens with zero attached hydrogens (tertiary/aromatic N) is 3. The van der Waals surface area contributed by atoms with E-state index in [1.807, 2.05) is 21.0 Å². The van der Waals surface area contributed by atoms with E-state index < -0.39 is 35.0 Å². The summed E-state index contributed by atoms with van der Waals surface area (Å²) in [6.45, 7) is 1.87. The second-order valence-electron chi connectivity index (χ2n) is 8.56. The monoisotopic (exact) mass is 489 g/mol. The van der Waals surface area contributed by atoms with Crippen molar-refractivity contribution >= 4 is 17.7 Å². The van der Waals surface area contributed by atoms with Crippen LogP contribution in [-0.4, -0.2) is 42.1 Å². The minimum atomic E-state index is -5.01. The lowest BCUT2D eigenvalue weighted by Crippen LogP contribution is -2.40. The van der Waals surface area contributed by atoms with Gasteiger partial charge in [0.2, 0.25) is 5.95 Å². The van der Waals surface area contributed by atoms with E-state index >= 15 is 0 Å². The van der Waals surface area contributed by atoms with Crippen molar-refractivity contribution in [3.05, 3.63) is 46.6 Å². The van der Waals surface area contributed by atoms with Crippen molar-refractivity contribution in [2.45, 2.75) is 57.0 Å². The summed E-state index contributed by atoms with van der Waals surface area (Å²) in [5.74, 6) is 0.276. The van der Waals surface area contributed by atoms with Crippen molar-refractivity contribution in [1.29, 1.82) is 0 Å². The maximum absolute atomic E-state index is 13.1. The van der Waals surface area contributed by atoms with Gasteiger partial charge in [0.15, 0.2) is 0 Å². The SMILES string of the molecule is Cc1cnc(N(C)C)nc1N[C@H]1CC[C@@H](NC(=O)c2cc(C(F)(F)F)cc(C(F)(F)F)c2)CC1. The molecule has 186 valence electrons. The smallest absolute Gasteiger partial charge is 0.367 e. The molecule has 0 spiro atoms. The summed E-state index contributed by atoms with van der Waals surface area (Å²) in [7, 11) is 3.65. The molecule has 1 aliphatic rings. The number of hydrogen-bond acceptors (Lipinski definition) is 5. The number of benzene rings is 1. The highest BCUT2D eigenvalue weighted by atomic mass is 19.4. The molecule has 1 heterocycles. The van der Waals surface area contributed by atoms with Crippen molar-refractivity contribution in [2.24, 2.45) is 0 Å². The molecule has 0 aliphatic heterocycles. The van der Waals surface area contributed by atoms with E-state index in [1.165, 1.54) is 0 Å². The molecular formula is C22H25F6N5O. The summed E-state index contributed by atoms with van der Waals surface area (Å²) in [5, 5.41) is 5.94. The molecule has 34 heavy (non-hydrogen) atoms. The molecule has 1 fully saturated rings. The van der Waals surface area contributed by atoms with E-state index in [-0.39, 0.29) is 18.2 Å². The number of anilines is 2. The maximum atomic E-state index is 13.1. The third-order valence-corrected chi connectivity index (χ3v) is 5.61. The molecule has 6 nitrogen and oxygen atoms in total. The van der Waals surface area contributed by atoms with E-state index in [9.17, 15) is 31.1 Å². The highest BCUT2D eigenvalue weighted by Gasteiger charge is 2.37. The highest BCUT2D eigenvalue weighted by molar-refractivity contribution is 5.94. The zero-order valence-electron chi connectivity index (χ0n) is 18.8. The number of aromatic nitrogens is 2. The van der Waals surface area contributed by atoms with Gasteiger partial charge in [-0.15, -0.1) is 0 Å². The summed E-state index contributed by atoms with van der Waals surface area (Å²) in [4.78, 5) is 23.0. The van der Waals surface area contributed by atoms with Crippen molar-refractivity contribution in [2.75, 3.05) is 24.3 Å². The van der Waals surface area contributed by atoms with Gasteiger partial charge in [-0.25, -0.2) is 4.98 Å². The number of hydrogen-bond donors (Lipinski definition) is 2. The first-order valence-corrected chi connectivity index (χ1v) is 10.6. The molecule has 0 radical (unpaired) electrons. The fraction of sp³-hybridized carbons (Fsp3) is 0.500. The van der Waals surface area contributed by atoms with Gasteiger partial charge in [0.1, 0.15) is 5.82 Å². The lowest BCUT2D eigenvalue weighted by molar-refractivity contribution is -0.143. The van der Waals surface area contributed by atoms with Crippen LogP contribution in [0.15, 0.2) is 24.4 Å². The lowest BCUT2D eigenvalue weighted by atomic mass is 9.90. The van der Waals surface area contributed by atoms with Crippen LogP contribution in [0.1, 0.15) is 52.7 Å². The van der Waals surface area contributed by atoms with Crippen molar-refractivity contribution in [1.82, 2.24) is 15.3 Å². The van der Waals surface area contributed by atoms with E-state index in [0.29, 0.717) is 49.6 Å². The predicted octanol–water partition coefficient (Wildman–Crippen LogP) is 5.04. The van der Waals surface area contributed by atoms with Gasteiger partial charge in [0.25, 0.3) is 5.91 Å². The molecule has 0 saturated heterocycles. The minimum Gasteiger partial charge on any atom is -0.367 e. The minimum absolute atomic E-state index is 0.00446. The topological polar surface area (TPSA) is 70.2 Å². The molecule has 3 rings (SSSR count). The van der Waals surface area contributed by atoms with Crippen LogP contribution in [0.25, 0.3) is 0 Å².